The van der Waals surface area contributed by atoms with Crippen molar-refractivity contribution in [2.24, 2.45) is 0 Å². The van der Waals surface area contributed by atoms with Crippen LogP contribution >= 0.6 is 0 Å². The van der Waals surface area contributed by atoms with Gasteiger partial charge < -0.3 is 23.8 Å². The number of hydrogen-bond donors (Lipinski definition) is 0. The summed E-state index contributed by atoms with van der Waals surface area (Å²) in [5.74, 6) is 1.41. The average Bonchev–Trinajstić information content (AvgIpc) is 3.16. The first kappa shape index (κ1) is 17.0. The minimum Gasteiger partial charge on any atom is -0.493 e. The highest BCUT2D eigenvalue weighted by Crippen LogP contribution is 2.29. The molecule has 0 N–H and O–H groups in total. The standard InChI is InChI=1S/C18H25NO5/c1-21-15-7-6-13(11-16(15)22-2)12-17(20)19-8-4-3-5-14(19)18-23-9-10-24-18/h6-7,11,14,18H,3-5,8-10,12H2,1-2H3. The minimum absolute atomic E-state index is 0.0221. The highest BCUT2D eigenvalue weighted by Gasteiger charge is 2.36. The quantitative estimate of drug-likeness (QED) is 0.824. The zero-order valence-electron chi connectivity index (χ0n) is 14.3. The Hall–Kier alpha value is -1.79. The highest BCUT2D eigenvalue weighted by atomic mass is 16.7. The molecule has 24 heavy (non-hydrogen) atoms. The summed E-state index contributed by atoms with van der Waals surface area (Å²) in [5, 5.41) is 0. The van der Waals surface area contributed by atoms with Gasteiger partial charge in [-0.3, -0.25) is 4.79 Å². The molecule has 2 aliphatic rings. The van der Waals surface area contributed by atoms with E-state index < -0.39 is 0 Å². The molecule has 132 valence electrons. The Bertz CT molecular complexity index is 571. The summed E-state index contributed by atoms with van der Waals surface area (Å²) in [6.07, 6.45) is 3.13. The van der Waals surface area contributed by atoms with Gasteiger partial charge in [0.15, 0.2) is 17.8 Å². The highest BCUT2D eigenvalue weighted by molar-refractivity contribution is 5.79. The molecule has 2 aliphatic heterocycles. The fourth-order valence-electron chi connectivity index (χ4n) is 3.42. The van der Waals surface area contributed by atoms with E-state index in [9.17, 15) is 4.79 Å². The van der Waals surface area contributed by atoms with E-state index in [1.54, 1.807) is 14.2 Å². The molecule has 1 unspecified atom stereocenters. The molecule has 6 heteroatoms. The molecule has 1 amide bonds. The lowest BCUT2D eigenvalue weighted by Gasteiger charge is -2.38. The third-order valence-corrected chi connectivity index (χ3v) is 4.63. The first-order valence-electron chi connectivity index (χ1n) is 8.46. The maximum Gasteiger partial charge on any atom is 0.227 e. The van der Waals surface area contributed by atoms with Crippen LogP contribution in [0.25, 0.3) is 0 Å². The van der Waals surface area contributed by atoms with Crippen molar-refractivity contribution in [1.82, 2.24) is 4.90 Å². The molecule has 3 rings (SSSR count). The van der Waals surface area contributed by atoms with Crippen molar-refractivity contribution in [3.05, 3.63) is 23.8 Å². The van der Waals surface area contributed by atoms with Gasteiger partial charge in [0.1, 0.15) is 0 Å². The second kappa shape index (κ2) is 7.85. The van der Waals surface area contributed by atoms with Crippen LogP contribution in [-0.4, -0.2) is 57.1 Å². The third kappa shape index (κ3) is 3.65. The van der Waals surface area contributed by atoms with Gasteiger partial charge in [0.25, 0.3) is 0 Å². The molecule has 0 spiro atoms. The Labute approximate surface area is 142 Å². The monoisotopic (exact) mass is 335 g/mol. The van der Waals surface area contributed by atoms with E-state index in [0.29, 0.717) is 31.1 Å². The average molecular weight is 335 g/mol. The van der Waals surface area contributed by atoms with Crippen molar-refractivity contribution in [2.75, 3.05) is 34.0 Å². The van der Waals surface area contributed by atoms with Gasteiger partial charge in [0.2, 0.25) is 5.91 Å². The molecule has 6 nitrogen and oxygen atoms in total. The number of amides is 1. The van der Waals surface area contributed by atoms with Gasteiger partial charge in [-0.2, -0.15) is 0 Å². The van der Waals surface area contributed by atoms with Crippen molar-refractivity contribution >= 4 is 5.91 Å². The number of piperidine rings is 1. The largest absolute Gasteiger partial charge is 0.493 e. The number of rotatable bonds is 5. The van der Waals surface area contributed by atoms with Crippen LogP contribution in [0.1, 0.15) is 24.8 Å². The van der Waals surface area contributed by atoms with Gasteiger partial charge in [-0.25, -0.2) is 0 Å². The van der Waals surface area contributed by atoms with E-state index >= 15 is 0 Å². The van der Waals surface area contributed by atoms with Crippen LogP contribution in [0.4, 0.5) is 0 Å². The number of carbonyl (C=O) groups is 1. The molecule has 0 aliphatic carbocycles. The Morgan fingerprint density at radius 3 is 2.62 bits per heavy atom. The van der Waals surface area contributed by atoms with Gasteiger partial charge in [-0.05, 0) is 37.0 Å². The van der Waals surface area contributed by atoms with Crippen LogP contribution in [0, 0.1) is 0 Å². The molecule has 0 aromatic heterocycles. The zero-order valence-corrected chi connectivity index (χ0v) is 14.3. The van der Waals surface area contributed by atoms with Crippen LogP contribution in [0.5, 0.6) is 11.5 Å². The fraction of sp³-hybridized carbons (Fsp3) is 0.611. The predicted octanol–water partition coefficient (Wildman–Crippen LogP) is 2.00. The molecule has 0 radical (unpaired) electrons. The Morgan fingerprint density at radius 2 is 1.92 bits per heavy atom. The lowest BCUT2D eigenvalue weighted by molar-refractivity contribution is -0.149. The lowest BCUT2D eigenvalue weighted by Crippen LogP contribution is -2.50. The van der Waals surface area contributed by atoms with E-state index in [0.717, 1.165) is 31.4 Å². The van der Waals surface area contributed by atoms with Crippen LogP contribution in [0.3, 0.4) is 0 Å². The van der Waals surface area contributed by atoms with Crippen molar-refractivity contribution in [1.29, 1.82) is 0 Å². The molecular weight excluding hydrogens is 310 g/mol. The molecule has 1 aromatic rings. The first-order chi connectivity index (χ1) is 11.7. The summed E-state index contributed by atoms with van der Waals surface area (Å²) < 4.78 is 21.8. The van der Waals surface area contributed by atoms with E-state index in [4.69, 9.17) is 18.9 Å². The topological polar surface area (TPSA) is 57.2 Å². The summed E-state index contributed by atoms with van der Waals surface area (Å²) in [6.45, 7) is 1.98. The van der Waals surface area contributed by atoms with Crippen molar-refractivity contribution in [3.63, 3.8) is 0 Å². The Morgan fingerprint density at radius 1 is 1.17 bits per heavy atom. The molecular formula is C18H25NO5. The van der Waals surface area contributed by atoms with Gasteiger partial charge >= 0.3 is 0 Å². The Balaban J connectivity index is 1.70. The second-order valence-electron chi connectivity index (χ2n) is 6.13. The van der Waals surface area contributed by atoms with Crippen molar-refractivity contribution < 1.29 is 23.7 Å². The maximum absolute atomic E-state index is 12.8. The summed E-state index contributed by atoms with van der Waals surface area (Å²) in [4.78, 5) is 14.8. The number of likely N-dealkylation sites (tertiary alicyclic amines) is 1. The zero-order chi connectivity index (χ0) is 16.9. The van der Waals surface area contributed by atoms with Crippen LogP contribution in [0.2, 0.25) is 0 Å². The molecule has 2 saturated heterocycles. The number of carbonyl (C=O) groups excluding carboxylic acids is 1. The number of nitrogens with zero attached hydrogens (tertiary/aromatic N) is 1. The van der Waals surface area contributed by atoms with Gasteiger partial charge in [-0.1, -0.05) is 6.07 Å². The minimum atomic E-state index is -0.278. The smallest absolute Gasteiger partial charge is 0.227 e. The summed E-state index contributed by atoms with van der Waals surface area (Å²) in [6, 6.07) is 5.62. The number of ether oxygens (including phenoxy) is 4. The molecule has 0 saturated carbocycles. The fourth-order valence-corrected chi connectivity index (χ4v) is 3.42. The van der Waals surface area contributed by atoms with E-state index in [2.05, 4.69) is 0 Å². The van der Waals surface area contributed by atoms with E-state index in [1.807, 2.05) is 23.1 Å². The third-order valence-electron chi connectivity index (χ3n) is 4.63. The summed E-state index contributed by atoms with van der Waals surface area (Å²) in [5.41, 5.74) is 0.912. The first-order valence-corrected chi connectivity index (χ1v) is 8.46. The SMILES string of the molecule is COc1ccc(CC(=O)N2CCCCC2C2OCCO2)cc1OC. The van der Waals surface area contributed by atoms with Crippen molar-refractivity contribution in [2.45, 2.75) is 38.0 Å². The normalized spacial score (nSPS) is 21.8. The van der Waals surface area contributed by atoms with Gasteiger partial charge in [0.05, 0.1) is 39.9 Å². The van der Waals surface area contributed by atoms with Gasteiger partial charge in [0, 0.05) is 6.54 Å². The van der Waals surface area contributed by atoms with E-state index in [1.165, 1.54) is 0 Å². The van der Waals surface area contributed by atoms with Crippen molar-refractivity contribution in [3.8, 4) is 11.5 Å². The predicted molar refractivity (Wildman–Crippen MR) is 88.3 cm³/mol. The summed E-state index contributed by atoms with van der Waals surface area (Å²) >= 11 is 0. The number of methoxy groups -OCH3 is 2. The molecule has 2 fully saturated rings. The Kier molecular flexibility index (Phi) is 5.58. The maximum atomic E-state index is 12.8. The van der Waals surface area contributed by atoms with Gasteiger partial charge in [-0.15, -0.1) is 0 Å². The lowest BCUT2D eigenvalue weighted by atomic mass is 10.00. The number of benzene rings is 1. The number of hydrogen-bond acceptors (Lipinski definition) is 5. The molecule has 1 aromatic carbocycles. The summed E-state index contributed by atoms with van der Waals surface area (Å²) in [7, 11) is 3.20. The second-order valence-corrected chi connectivity index (χ2v) is 6.13. The molecule has 0 bridgehead atoms. The van der Waals surface area contributed by atoms with Crippen LogP contribution in [0.15, 0.2) is 18.2 Å². The van der Waals surface area contributed by atoms with E-state index in [-0.39, 0.29) is 18.2 Å². The van der Waals surface area contributed by atoms with Crippen LogP contribution in [-0.2, 0) is 20.7 Å². The molecule has 2 heterocycles. The molecule has 1 atom stereocenters. The van der Waals surface area contributed by atoms with Crippen LogP contribution < -0.4 is 9.47 Å².